The van der Waals surface area contributed by atoms with Crippen molar-refractivity contribution in [2.24, 2.45) is 0 Å². The number of piperazine rings is 1. The maximum Gasteiger partial charge on any atom is 0.266 e. The summed E-state index contributed by atoms with van der Waals surface area (Å²) < 4.78 is 13.0. The lowest BCUT2D eigenvalue weighted by molar-refractivity contribution is 0.0660. The van der Waals surface area contributed by atoms with E-state index in [0.29, 0.717) is 6.42 Å². The molecule has 4 nitrogen and oxygen atoms in total. The molecule has 3 rings (SSSR count). The van der Waals surface area contributed by atoms with Crippen LogP contribution >= 0.6 is 11.3 Å². The highest BCUT2D eigenvalue weighted by atomic mass is 32.1. The molecular formula is C17H20FN3OS. The molecule has 1 N–H and O–H groups in total. The number of thiazole rings is 1. The molecule has 1 aromatic carbocycles. The molecule has 122 valence electrons. The van der Waals surface area contributed by atoms with Crippen molar-refractivity contribution in [3.63, 3.8) is 0 Å². The number of carbonyl (C=O) groups is 1. The molecule has 0 saturated carbocycles. The normalized spacial score (nSPS) is 18.2. The van der Waals surface area contributed by atoms with Gasteiger partial charge in [-0.2, -0.15) is 0 Å². The Morgan fingerprint density at radius 2 is 2.17 bits per heavy atom. The molecule has 1 aliphatic rings. The summed E-state index contributed by atoms with van der Waals surface area (Å²) in [6.07, 6.45) is 0.621. The summed E-state index contributed by atoms with van der Waals surface area (Å²) in [6, 6.07) is 6.60. The van der Waals surface area contributed by atoms with E-state index in [1.807, 2.05) is 11.8 Å². The number of carbonyl (C=O) groups excluding carboxylic acids is 1. The van der Waals surface area contributed by atoms with Crippen molar-refractivity contribution in [3.05, 3.63) is 51.2 Å². The summed E-state index contributed by atoms with van der Waals surface area (Å²) in [5, 5.41) is 4.18. The van der Waals surface area contributed by atoms with E-state index in [1.54, 1.807) is 12.1 Å². The highest BCUT2D eigenvalue weighted by Crippen LogP contribution is 2.23. The molecule has 0 unspecified atom stereocenters. The van der Waals surface area contributed by atoms with Crippen LogP contribution in [-0.4, -0.2) is 41.5 Å². The van der Waals surface area contributed by atoms with E-state index in [2.05, 4.69) is 17.2 Å². The van der Waals surface area contributed by atoms with E-state index < -0.39 is 0 Å². The quantitative estimate of drug-likeness (QED) is 0.939. The number of hydrogen-bond donors (Lipinski definition) is 1. The van der Waals surface area contributed by atoms with Crippen molar-refractivity contribution in [2.75, 3.05) is 19.6 Å². The molecule has 0 radical (unpaired) electrons. The Balaban J connectivity index is 1.77. The van der Waals surface area contributed by atoms with Crippen molar-refractivity contribution in [1.82, 2.24) is 15.2 Å². The second kappa shape index (κ2) is 6.76. The summed E-state index contributed by atoms with van der Waals surface area (Å²) in [5.74, 6) is -0.174. The topological polar surface area (TPSA) is 45.2 Å². The Morgan fingerprint density at radius 3 is 2.87 bits per heavy atom. The fraction of sp³-hybridized carbons (Fsp3) is 0.412. The molecule has 0 bridgehead atoms. The van der Waals surface area contributed by atoms with Crippen molar-refractivity contribution in [2.45, 2.75) is 26.3 Å². The summed E-state index contributed by atoms with van der Waals surface area (Å²) in [4.78, 5) is 19.9. The van der Waals surface area contributed by atoms with Crippen LogP contribution in [0.25, 0.3) is 0 Å². The van der Waals surface area contributed by atoms with Crippen LogP contribution in [0.1, 0.15) is 32.9 Å². The van der Waals surface area contributed by atoms with Gasteiger partial charge in [-0.3, -0.25) is 4.79 Å². The number of benzene rings is 1. The molecule has 6 heteroatoms. The lowest BCUT2D eigenvalue weighted by atomic mass is 10.1. The van der Waals surface area contributed by atoms with Crippen LogP contribution in [0.2, 0.25) is 0 Å². The second-order valence-electron chi connectivity index (χ2n) is 5.88. The minimum Gasteiger partial charge on any atom is -0.333 e. The van der Waals surface area contributed by atoms with Crippen LogP contribution in [0.4, 0.5) is 4.39 Å². The maximum atomic E-state index is 13.0. The molecule has 2 aromatic rings. The molecule has 2 heterocycles. The second-order valence-corrected chi connectivity index (χ2v) is 6.96. The van der Waals surface area contributed by atoms with Gasteiger partial charge in [0.2, 0.25) is 0 Å². The minimum absolute atomic E-state index is 0.0688. The molecular weight excluding hydrogens is 313 g/mol. The van der Waals surface area contributed by atoms with Crippen molar-refractivity contribution in [3.8, 4) is 0 Å². The molecule has 1 amide bonds. The highest BCUT2D eigenvalue weighted by molar-refractivity contribution is 7.13. The van der Waals surface area contributed by atoms with Gasteiger partial charge in [0.25, 0.3) is 5.91 Å². The van der Waals surface area contributed by atoms with E-state index in [9.17, 15) is 9.18 Å². The fourth-order valence-corrected chi connectivity index (χ4v) is 3.83. The van der Waals surface area contributed by atoms with Gasteiger partial charge in [-0.05, 0) is 31.5 Å². The van der Waals surface area contributed by atoms with Gasteiger partial charge >= 0.3 is 0 Å². The van der Waals surface area contributed by atoms with Crippen molar-refractivity contribution >= 4 is 17.2 Å². The predicted molar refractivity (Wildman–Crippen MR) is 89.4 cm³/mol. The fourth-order valence-electron chi connectivity index (χ4n) is 2.78. The first-order valence-corrected chi connectivity index (χ1v) is 8.58. The van der Waals surface area contributed by atoms with E-state index in [1.165, 1.54) is 23.5 Å². The number of halogens is 1. The van der Waals surface area contributed by atoms with Gasteiger partial charge in [0.15, 0.2) is 0 Å². The smallest absolute Gasteiger partial charge is 0.266 e. The summed E-state index contributed by atoms with van der Waals surface area (Å²) in [5.41, 5.74) is 1.78. The van der Waals surface area contributed by atoms with Gasteiger partial charge in [0.05, 0.1) is 10.7 Å². The van der Waals surface area contributed by atoms with Crippen molar-refractivity contribution in [1.29, 1.82) is 0 Å². The number of nitrogens with one attached hydrogen (secondary N) is 1. The monoisotopic (exact) mass is 333 g/mol. The maximum absolute atomic E-state index is 13.0. The molecule has 0 aliphatic carbocycles. The van der Waals surface area contributed by atoms with Gasteiger partial charge < -0.3 is 10.2 Å². The average Bonchev–Trinajstić information content (AvgIpc) is 2.90. The molecule has 23 heavy (non-hydrogen) atoms. The van der Waals surface area contributed by atoms with Gasteiger partial charge in [0.1, 0.15) is 10.7 Å². The highest BCUT2D eigenvalue weighted by Gasteiger charge is 2.27. The van der Waals surface area contributed by atoms with Gasteiger partial charge in [-0.25, -0.2) is 9.37 Å². The largest absolute Gasteiger partial charge is 0.333 e. The Kier molecular flexibility index (Phi) is 4.73. The molecule has 1 aliphatic heterocycles. The van der Waals surface area contributed by atoms with Crippen molar-refractivity contribution < 1.29 is 9.18 Å². The number of nitrogens with zero attached hydrogens (tertiary/aromatic N) is 2. The molecule has 1 atom stereocenters. The third-order valence-corrected chi connectivity index (χ3v) is 5.21. The zero-order valence-corrected chi connectivity index (χ0v) is 14.1. The van der Waals surface area contributed by atoms with E-state index in [4.69, 9.17) is 0 Å². The molecule has 1 fully saturated rings. The number of rotatable bonds is 3. The summed E-state index contributed by atoms with van der Waals surface area (Å²) >= 11 is 1.45. The number of hydrogen-bond acceptors (Lipinski definition) is 4. The van der Waals surface area contributed by atoms with E-state index in [0.717, 1.165) is 40.8 Å². The Bertz CT molecular complexity index is 698. The SMILES string of the molecule is Cc1nc(Cc2ccc(F)cc2)sc1C(=O)N1CCNC[C@@H]1C. The summed E-state index contributed by atoms with van der Waals surface area (Å²) in [7, 11) is 0. The standard InChI is InChI=1S/C17H20FN3OS/c1-11-10-19-7-8-21(11)17(22)16-12(2)20-15(23-16)9-13-3-5-14(18)6-4-13/h3-6,11,19H,7-10H2,1-2H3/t11-/m0/s1. The van der Waals surface area contributed by atoms with Crippen LogP contribution in [0, 0.1) is 12.7 Å². The van der Waals surface area contributed by atoms with E-state index in [-0.39, 0.29) is 17.8 Å². The Labute approximate surface area is 139 Å². The first-order chi connectivity index (χ1) is 11.0. The molecule has 0 spiro atoms. The van der Waals surface area contributed by atoms with Crippen LogP contribution in [0.5, 0.6) is 0 Å². The van der Waals surface area contributed by atoms with Gasteiger partial charge in [-0.15, -0.1) is 11.3 Å². The zero-order valence-electron chi connectivity index (χ0n) is 13.3. The zero-order chi connectivity index (χ0) is 16.4. The van der Waals surface area contributed by atoms with E-state index >= 15 is 0 Å². The lowest BCUT2D eigenvalue weighted by Gasteiger charge is -2.33. The van der Waals surface area contributed by atoms with Gasteiger partial charge in [0, 0.05) is 32.1 Å². The van der Waals surface area contributed by atoms with Crippen LogP contribution in [0.15, 0.2) is 24.3 Å². The average molecular weight is 333 g/mol. The lowest BCUT2D eigenvalue weighted by Crippen LogP contribution is -2.52. The Hall–Kier alpha value is -1.79. The molecule has 1 aromatic heterocycles. The molecule has 1 saturated heterocycles. The number of aryl methyl sites for hydroxylation is 1. The Morgan fingerprint density at radius 1 is 1.43 bits per heavy atom. The predicted octanol–water partition coefficient (Wildman–Crippen LogP) is 2.62. The van der Waals surface area contributed by atoms with Crippen LogP contribution < -0.4 is 5.32 Å². The first-order valence-electron chi connectivity index (χ1n) is 7.77. The minimum atomic E-state index is -0.243. The third kappa shape index (κ3) is 3.59. The van der Waals surface area contributed by atoms with Gasteiger partial charge in [-0.1, -0.05) is 12.1 Å². The third-order valence-electron chi connectivity index (χ3n) is 4.07. The van der Waals surface area contributed by atoms with Crippen LogP contribution in [-0.2, 0) is 6.42 Å². The summed E-state index contributed by atoms with van der Waals surface area (Å²) in [6.45, 7) is 6.32. The van der Waals surface area contributed by atoms with Crippen LogP contribution in [0.3, 0.4) is 0 Å². The first kappa shape index (κ1) is 16.1. The number of amides is 1. The number of aromatic nitrogens is 1.